The van der Waals surface area contributed by atoms with Crippen molar-refractivity contribution in [2.45, 2.75) is 11.8 Å². The molecule has 166 valence electrons. The van der Waals surface area contributed by atoms with E-state index in [0.717, 1.165) is 5.56 Å². The number of nitrogens with one attached hydrogen (secondary N) is 3. The van der Waals surface area contributed by atoms with Crippen molar-refractivity contribution in [1.82, 2.24) is 10.9 Å². The minimum atomic E-state index is -4.05. The van der Waals surface area contributed by atoms with E-state index in [1.54, 1.807) is 37.3 Å². The maximum atomic E-state index is 12.8. The Balaban J connectivity index is 1.75. The topological polar surface area (TPSA) is 114 Å². The second-order valence-electron chi connectivity index (χ2n) is 6.70. The predicted octanol–water partition coefficient (Wildman–Crippen LogP) is 3.53. The van der Waals surface area contributed by atoms with Crippen LogP contribution in [0.3, 0.4) is 0 Å². The standard InChI is InChI=1S/C22H20ClN3O5S/c1-14-6-3-4-9-18(14)22(28)25-24-21(27)15-7-5-8-17(12-15)32(29,30)26-19-13-16(23)10-11-20(19)31-2/h3-13,26H,1-2H3,(H,24,27)(H,25,28). The van der Waals surface area contributed by atoms with E-state index in [4.69, 9.17) is 16.3 Å². The summed E-state index contributed by atoms with van der Waals surface area (Å²) in [5.74, 6) is -0.884. The van der Waals surface area contributed by atoms with Crippen LogP contribution in [-0.4, -0.2) is 27.3 Å². The maximum absolute atomic E-state index is 12.8. The largest absolute Gasteiger partial charge is 0.495 e. The van der Waals surface area contributed by atoms with Gasteiger partial charge >= 0.3 is 0 Å². The van der Waals surface area contributed by atoms with Crippen molar-refractivity contribution in [3.8, 4) is 5.75 Å². The number of benzene rings is 3. The summed E-state index contributed by atoms with van der Waals surface area (Å²) in [4.78, 5) is 24.6. The number of aryl methyl sites for hydroxylation is 1. The Morgan fingerprint density at radius 2 is 1.62 bits per heavy atom. The van der Waals surface area contributed by atoms with Gasteiger partial charge in [0.05, 0.1) is 17.7 Å². The van der Waals surface area contributed by atoms with Crippen molar-refractivity contribution >= 4 is 39.1 Å². The zero-order chi connectivity index (χ0) is 23.3. The summed E-state index contributed by atoms with van der Waals surface area (Å²) < 4.78 is 33.2. The van der Waals surface area contributed by atoms with E-state index >= 15 is 0 Å². The van der Waals surface area contributed by atoms with E-state index in [-0.39, 0.29) is 21.9 Å². The highest BCUT2D eigenvalue weighted by atomic mass is 35.5. The van der Waals surface area contributed by atoms with Crippen LogP contribution in [0.1, 0.15) is 26.3 Å². The summed E-state index contributed by atoms with van der Waals surface area (Å²) in [5, 5.41) is 0.320. The molecule has 32 heavy (non-hydrogen) atoms. The van der Waals surface area contributed by atoms with Crippen LogP contribution in [0.5, 0.6) is 5.75 Å². The molecule has 0 aliphatic carbocycles. The van der Waals surface area contributed by atoms with E-state index < -0.39 is 21.8 Å². The Morgan fingerprint density at radius 3 is 2.34 bits per heavy atom. The monoisotopic (exact) mass is 473 g/mol. The van der Waals surface area contributed by atoms with Crippen LogP contribution in [0, 0.1) is 6.92 Å². The van der Waals surface area contributed by atoms with E-state index in [9.17, 15) is 18.0 Å². The molecule has 0 aliphatic rings. The van der Waals surface area contributed by atoms with E-state index in [1.165, 1.54) is 43.5 Å². The van der Waals surface area contributed by atoms with Gasteiger partial charge in [-0.05, 0) is 55.0 Å². The molecule has 2 amide bonds. The highest BCUT2D eigenvalue weighted by Crippen LogP contribution is 2.29. The van der Waals surface area contributed by atoms with Crippen molar-refractivity contribution in [3.63, 3.8) is 0 Å². The van der Waals surface area contributed by atoms with Crippen molar-refractivity contribution in [2.24, 2.45) is 0 Å². The molecule has 0 aromatic heterocycles. The number of hydrogen-bond acceptors (Lipinski definition) is 5. The number of anilines is 1. The minimum absolute atomic E-state index is 0.0380. The molecular weight excluding hydrogens is 454 g/mol. The van der Waals surface area contributed by atoms with Gasteiger partial charge in [0, 0.05) is 16.1 Å². The molecule has 8 nitrogen and oxygen atoms in total. The fraction of sp³-hybridized carbons (Fsp3) is 0.0909. The van der Waals surface area contributed by atoms with E-state index in [0.29, 0.717) is 10.6 Å². The molecule has 0 heterocycles. The van der Waals surface area contributed by atoms with Crippen LogP contribution in [0.15, 0.2) is 71.6 Å². The third-order valence-electron chi connectivity index (χ3n) is 4.49. The first kappa shape index (κ1) is 23.1. The summed E-state index contributed by atoms with van der Waals surface area (Å²) >= 11 is 5.95. The van der Waals surface area contributed by atoms with Gasteiger partial charge in [0.2, 0.25) is 0 Å². The lowest BCUT2D eigenvalue weighted by molar-refractivity contribution is 0.0846. The van der Waals surface area contributed by atoms with Gasteiger partial charge in [-0.25, -0.2) is 8.42 Å². The molecule has 0 spiro atoms. The van der Waals surface area contributed by atoms with Gasteiger partial charge in [-0.2, -0.15) is 0 Å². The first-order valence-corrected chi connectivity index (χ1v) is 11.2. The quantitative estimate of drug-likeness (QED) is 0.474. The Labute approximate surface area is 190 Å². The van der Waals surface area contributed by atoms with Crippen molar-refractivity contribution in [2.75, 3.05) is 11.8 Å². The normalized spacial score (nSPS) is 10.8. The molecule has 10 heteroatoms. The number of sulfonamides is 1. The van der Waals surface area contributed by atoms with Crippen molar-refractivity contribution in [1.29, 1.82) is 0 Å². The lowest BCUT2D eigenvalue weighted by Gasteiger charge is -2.13. The molecule has 0 saturated heterocycles. The Kier molecular flexibility index (Phi) is 7.01. The van der Waals surface area contributed by atoms with Crippen LogP contribution in [-0.2, 0) is 10.0 Å². The molecule has 0 saturated carbocycles. The van der Waals surface area contributed by atoms with Gasteiger partial charge in [0.25, 0.3) is 21.8 Å². The maximum Gasteiger partial charge on any atom is 0.269 e. The van der Waals surface area contributed by atoms with Crippen LogP contribution in [0.4, 0.5) is 5.69 Å². The SMILES string of the molecule is COc1ccc(Cl)cc1NS(=O)(=O)c1cccc(C(=O)NNC(=O)c2ccccc2C)c1. The molecule has 0 radical (unpaired) electrons. The number of carbonyl (C=O) groups is 2. The zero-order valence-electron chi connectivity index (χ0n) is 17.2. The number of ether oxygens (including phenoxy) is 1. The number of carbonyl (C=O) groups excluding carboxylic acids is 2. The molecule has 3 aromatic rings. The lowest BCUT2D eigenvalue weighted by atomic mass is 10.1. The first-order valence-electron chi connectivity index (χ1n) is 9.34. The number of hydrazine groups is 1. The molecule has 3 N–H and O–H groups in total. The van der Waals surface area contributed by atoms with Gasteiger partial charge in [-0.1, -0.05) is 35.9 Å². The van der Waals surface area contributed by atoms with Crippen molar-refractivity contribution in [3.05, 3.63) is 88.4 Å². The second kappa shape index (κ2) is 9.71. The first-order chi connectivity index (χ1) is 15.2. The smallest absolute Gasteiger partial charge is 0.269 e. The number of hydrogen-bond donors (Lipinski definition) is 3. The fourth-order valence-electron chi connectivity index (χ4n) is 2.85. The van der Waals surface area contributed by atoms with Crippen LogP contribution in [0.25, 0.3) is 0 Å². The van der Waals surface area contributed by atoms with Gasteiger partial charge in [-0.3, -0.25) is 25.2 Å². The summed E-state index contributed by atoms with van der Waals surface area (Å²) in [6.45, 7) is 1.77. The minimum Gasteiger partial charge on any atom is -0.495 e. The average Bonchev–Trinajstić information content (AvgIpc) is 2.77. The van der Waals surface area contributed by atoms with Gasteiger partial charge in [0.1, 0.15) is 5.75 Å². The van der Waals surface area contributed by atoms with Crippen LogP contribution < -0.4 is 20.3 Å². The second-order valence-corrected chi connectivity index (χ2v) is 8.82. The van der Waals surface area contributed by atoms with Gasteiger partial charge in [-0.15, -0.1) is 0 Å². The molecule has 3 aromatic carbocycles. The molecule has 3 rings (SSSR count). The third kappa shape index (κ3) is 5.37. The number of amides is 2. The Bertz CT molecular complexity index is 1280. The summed E-state index contributed by atoms with van der Waals surface area (Å²) in [6.07, 6.45) is 0. The molecule has 0 fully saturated rings. The van der Waals surface area contributed by atoms with Crippen molar-refractivity contribution < 1.29 is 22.7 Å². The molecule has 0 bridgehead atoms. The summed E-state index contributed by atoms with van der Waals surface area (Å²) in [5.41, 5.74) is 5.95. The van der Waals surface area contributed by atoms with Gasteiger partial charge < -0.3 is 4.74 Å². The Hall–Kier alpha value is -3.56. The van der Waals surface area contributed by atoms with Gasteiger partial charge in [0.15, 0.2) is 0 Å². The number of methoxy groups -OCH3 is 1. The van der Waals surface area contributed by atoms with Crippen LogP contribution >= 0.6 is 11.6 Å². The zero-order valence-corrected chi connectivity index (χ0v) is 18.8. The lowest BCUT2D eigenvalue weighted by Crippen LogP contribution is -2.41. The summed E-state index contributed by atoms with van der Waals surface area (Å²) in [7, 11) is -2.65. The molecular formula is C22H20ClN3O5S. The average molecular weight is 474 g/mol. The number of rotatable bonds is 6. The Morgan fingerprint density at radius 1 is 0.906 bits per heavy atom. The highest BCUT2D eigenvalue weighted by Gasteiger charge is 2.19. The summed E-state index contributed by atoms with van der Waals surface area (Å²) in [6, 6.07) is 16.8. The van der Waals surface area contributed by atoms with E-state index in [2.05, 4.69) is 15.6 Å². The fourth-order valence-corrected chi connectivity index (χ4v) is 4.13. The predicted molar refractivity (Wildman–Crippen MR) is 121 cm³/mol. The third-order valence-corrected chi connectivity index (χ3v) is 6.09. The number of halogens is 1. The molecule has 0 atom stereocenters. The molecule has 0 aliphatic heterocycles. The van der Waals surface area contributed by atoms with E-state index in [1.807, 2.05) is 0 Å². The molecule has 0 unspecified atom stereocenters. The highest BCUT2D eigenvalue weighted by molar-refractivity contribution is 7.92. The van der Waals surface area contributed by atoms with Crippen LogP contribution in [0.2, 0.25) is 5.02 Å².